The summed E-state index contributed by atoms with van der Waals surface area (Å²) in [5.41, 5.74) is -0.547. The van der Waals surface area contributed by atoms with Crippen LogP contribution in [-0.4, -0.2) is 24.3 Å². The maximum atomic E-state index is 10.9. The van der Waals surface area contributed by atoms with Crippen LogP contribution in [0.5, 0.6) is 0 Å². The van der Waals surface area contributed by atoms with Crippen molar-refractivity contribution in [2.45, 2.75) is 33.1 Å². The first-order valence-corrected chi connectivity index (χ1v) is 4.88. The Hall–Kier alpha value is -0.570. The fraction of sp³-hybridized carbons (Fsp3) is 0.900. The highest BCUT2D eigenvalue weighted by Crippen LogP contribution is 2.33. The topological polar surface area (TPSA) is 46.5 Å². The fourth-order valence-corrected chi connectivity index (χ4v) is 1.57. The second-order valence-corrected chi connectivity index (χ2v) is 4.36. The van der Waals surface area contributed by atoms with Crippen molar-refractivity contribution in [1.29, 1.82) is 0 Å². The van der Waals surface area contributed by atoms with Crippen LogP contribution in [0.1, 0.15) is 33.1 Å². The number of ether oxygens (including phenoxy) is 1. The zero-order chi connectivity index (χ0) is 9.90. The summed E-state index contributed by atoms with van der Waals surface area (Å²) < 4.78 is 4.98. The Balaban J connectivity index is 2.28. The zero-order valence-corrected chi connectivity index (χ0v) is 8.38. The van der Waals surface area contributed by atoms with Crippen LogP contribution in [0.2, 0.25) is 0 Å². The van der Waals surface area contributed by atoms with Crippen molar-refractivity contribution in [1.82, 2.24) is 0 Å². The molecule has 0 atom stereocenters. The molecule has 0 amide bonds. The van der Waals surface area contributed by atoms with Gasteiger partial charge in [-0.25, -0.2) is 0 Å². The summed E-state index contributed by atoms with van der Waals surface area (Å²) in [6.45, 7) is 5.12. The number of hydrogen-bond donors (Lipinski definition) is 1. The van der Waals surface area contributed by atoms with Gasteiger partial charge in [0, 0.05) is 0 Å². The molecule has 1 aliphatic heterocycles. The Morgan fingerprint density at radius 1 is 1.54 bits per heavy atom. The molecule has 1 heterocycles. The number of carboxylic acid groups (broad SMARTS) is 1. The molecule has 0 aromatic rings. The van der Waals surface area contributed by atoms with Crippen molar-refractivity contribution in [2.75, 3.05) is 13.2 Å². The van der Waals surface area contributed by atoms with Crippen molar-refractivity contribution < 1.29 is 14.6 Å². The van der Waals surface area contributed by atoms with E-state index in [0.717, 1.165) is 19.3 Å². The minimum Gasteiger partial charge on any atom is -0.481 e. The maximum absolute atomic E-state index is 10.9. The van der Waals surface area contributed by atoms with E-state index in [9.17, 15) is 4.79 Å². The Labute approximate surface area is 79.1 Å². The second-order valence-electron chi connectivity index (χ2n) is 4.36. The van der Waals surface area contributed by atoms with Gasteiger partial charge in [0.1, 0.15) is 5.41 Å². The molecule has 0 spiro atoms. The van der Waals surface area contributed by atoms with Crippen molar-refractivity contribution in [2.24, 2.45) is 11.3 Å². The number of carboxylic acids is 1. The fourth-order valence-electron chi connectivity index (χ4n) is 1.57. The van der Waals surface area contributed by atoms with Gasteiger partial charge in [0.05, 0.1) is 13.2 Å². The predicted octanol–water partition coefficient (Wildman–Crippen LogP) is 1.91. The van der Waals surface area contributed by atoms with E-state index in [0.29, 0.717) is 19.1 Å². The van der Waals surface area contributed by atoms with E-state index in [1.807, 2.05) is 0 Å². The van der Waals surface area contributed by atoms with Gasteiger partial charge in [0.2, 0.25) is 0 Å². The SMILES string of the molecule is CC(C)CCCC1(C(=O)O)COC1. The Morgan fingerprint density at radius 2 is 2.15 bits per heavy atom. The normalized spacial score (nSPS) is 19.9. The molecule has 1 aliphatic rings. The van der Waals surface area contributed by atoms with Crippen molar-refractivity contribution in [3.63, 3.8) is 0 Å². The molecule has 1 N–H and O–H groups in total. The third-order valence-electron chi connectivity index (χ3n) is 2.65. The zero-order valence-electron chi connectivity index (χ0n) is 8.38. The summed E-state index contributed by atoms with van der Waals surface area (Å²) in [4.78, 5) is 10.9. The Kier molecular flexibility index (Phi) is 3.31. The Morgan fingerprint density at radius 3 is 2.46 bits per heavy atom. The lowest BCUT2D eigenvalue weighted by Gasteiger charge is -2.37. The van der Waals surface area contributed by atoms with Crippen LogP contribution in [0.3, 0.4) is 0 Å². The largest absolute Gasteiger partial charge is 0.481 e. The smallest absolute Gasteiger partial charge is 0.314 e. The summed E-state index contributed by atoms with van der Waals surface area (Å²) in [6.07, 6.45) is 2.86. The average Bonchev–Trinajstić information content (AvgIpc) is 1.93. The minimum atomic E-state index is -0.692. The van der Waals surface area contributed by atoms with Gasteiger partial charge in [-0.2, -0.15) is 0 Å². The van der Waals surface area contributed by atoms with Gasteiger partial charge < -0.3 is 9.84 Å². The highest BCUT2D eigenvalue weighted by atomic mass is 16.5. The lowest BCUT2D eigenvalue weighted by atomic mass is 9.80. The van der Waals surface area contributed by atoms with Crippen molar-refractivity contribution >= 4 is 5.97 Å². The van der Waals surface area contributed by atoms with E-state index in [4.69, 9.17) is 9.84 Å². The molecule has 0 unspecified atom stereocenters. The number of hydrogen-bond acceptors (Lipinski definition) is 2. The molecule has 0 bridgehead atoms. The van der Waals surface area contributed by atoms with Gasteiger partial charge in [-0.05, 0) is 12.3 Å². The Bertz CT molecular complexity index is 183. The molecule has 0 aromatic carbocycles. The molecule has 0 aromatic heterocycles. The van der Waals surface area contributed by atoms with Crippen LogP contribution >= 0.6 is 0 Å². The molecule has 1 saturated heterocycles. The standard InChI is InChI=1S/C10H18O3/c1-8(2)4-3-5-10(9(11)12)6-13-7-10/h8H,3-7H2,1-2H3,(H,11,12). The van der Waals surface area contributed by atoms with E-state index >= 15 is 0 Å². The first-order valence-electron chi connectivity index (χ1n) is 4.88. The minimum absolute atomic E-state index is 0.403. The van der Waals surface area contributed by atoms with Crippen LogP contribution in [0.15, 0.2) is 0 Å². The quantitative estimate of drug-likeness (QED) is 0.713. The van der Waals surface area contributed by atoms with Gasteiger partial charge in [-0.3, -0.25) is 4.79 Å². The van der Waals surface area contributed by atoms with Gasteiger partial charge in [-0.1, -0.05) is 26.7 Å². The molecule has 0 saturated carbocycles. The number of rotatable bonds is 5. The van der Waals surface area contributed by atoms with E-state index in [-0.39, 0.29) is 0 Å². The highest BCUT2D eigenvalue weighted by Gasteiger charge is 2.45. The second kappa shape index (κ2) is 4.09. The van der Waals surface area contributed by atoms with E-state index in [1.54, 1.807) is 0 Å². The summed E-state index contributed by atoms with van der Waals surface area (Å²) in [6, 6.07) is 0. The van der Waals surface area contributed by atoms with Gasteiger partial charge in [-0.15, -0.1) is 0 Å². The summed E-state index contributed by atoms with van der Waals surface area (Å²) in [5.74, 6) is -0.0330. The molecule has 13 heavy (non-hydrogen) atoms. The molecular formula is C10H18O3. The average molecular weight is 186 g/mol. The van der Waals surface area contributed by atoms with E-state index in [2.05, 4.69) is 13.8 Å². The molecule has 1 rings (SSSR count). The predicted molar refractivity (Wildman–Crippen MR) is 49.6 cm³/mol. The van der Waals surface area contributed by atoms with Crippen LogP contribution < -0.4 is 0 Å². The summed E-state index contributed by atoms with van der Waals surface area (Å²) >= 11 is 0. The third-order valence-corrected chi connectivity index (χ3v) is 2.65. The van der Waals surface area contributed by atoms with Gasteiger partial charge in [0.15, 0.2) is 0 Å². The first kappa shape index (κ1) is 10.5. The van der Waals surface area contributed by atoms with Crippen LogP contribution in [0.25, 0.3) is 0 Å². The number of aliphatic carboxylic acids is 1. The first-order chi connectivity index (χ1) is 6.07. The summed E-state index contributed by atoms with van der Waals surface area (Å²) in [5, 5.41) is 8.97. The van der Waals surface area contributed by atoms with E-state index < -0.39 is 11.4 Å². The van der Waals surface area contributed by atoms with Gasteiger partial charge >= 0.3 is 5.97 Å². The highest BCUT2D eigenvalue weighted by molar-refractivity contribution is 5.75. The molecule has 3 heteroatoms. The van der Waals surface area contributed by atoms with Crippen LogP contribution in [0, 0.1) is 11.3 Å². The maximum Gasteiger partial charge on any atom is 0.314 e. The van der Waals surface area contributed by atoms with Crippen molar-refractivity contribution in [3.05, 3.63) is 0 Å². The molecular weight excluding hydrogens is 168 g/mol. The van der Waals surface area contributed by atoms with Gasteiger partial charge in [0.25, 0.3) is 0 Å². The van der Waals surface area contributed by atoms with Crippen molar-refractivity contribution in [3.8, 4) is 0 Å². The molecule has 1 fully saturated rings. The monoisotopic (exact) mass is 186 g/mol. The molecule has 76 valence electrons. The van der Waals surface area contributed by atoms with Crippen LogP contribution in [0.4, 0.5) is 0 Å². The number of carbonyl (C=O) groups is 1. The molecule has 3 nitrogen and oxygen atoms in total. The molecule has 0 aliphatic carbocycles. The third kappa shape index (κ3) is 2.44. The lowest BCUT2D eigenvalue weighted by Crippen LogP contribution is -2.48. The van der Waals surface area contributed by atoms with E-state index in [1.165, 1.54) is 0 Å². The van der Waals surface area contributed by atoms with Crippen LogP contribution in [-0.2, 0) is 9.53 Å². The molecule has 0 radical (unpaired) electrons. The summed E-state index contributed by atoms with van der Waals surface area (Å²) in [7, 11) is 0. The lowest BCUT2D eigenvalue weighted by molar-refractivity contribution is -0.181.